The van der Waals surface area contributed by atoms with Crippen LogP contribution in [-0.2, 0) is 0 Å². The number of nitrogens with zero attached hydrogens (tertiary/aromatic N) is 3. The maximum atomic E-state index is 9.76. The molecule has 0 aromatic carbocycles. The molecule has 3 aliphatic rings. The van der Waals surface area contributed by atoms with E-state index in [1.807, 2.05) is 0 Å². The molecular weight excluding hydrogens is 224 g/mol. The zero-order valence-corrected chi connectivity index (χ0v) is 11.4. The Balaban J connectivity index is 1.75. The van der Waals surface area contributed by atoms with E-state index in [4.69, 9.17) is 0 Å². The molecule has 100 valence electrons. The van der Waals surface area contributed by atoms with Gasteiger partial charge in [-0.2, -0.15) is 5.26 Å². The van der Waals surface area contributed by atoms with Crippen molar-refractivity contribution >= 4 is 0 Å². The summed E-state index contributed by atoms with van der Waals surface area (Å²) in [6.45, 7) is 7.49. The molecule has 0 bridgehead atoms. The summed E-state index contributed by atoms with van der Waals surface area (Å²) in [7, 11) is 0. The van der Waals surface area contributed by atoms with E-state index >= 15 is 0 Å². The Hall–Kier alpha value is -0.630. The van der Waals surface area contributed by atoms with Gasteiger partial charge in [-0.25, -0.2) is 0 Å². The molecular formula is C14H24N4. The normalized spacial score (nSPS) is 39.4. The van der Waals surface area contributed by atoms with Gasteiger partial charge in [-0.15, -0.1) is 0 Å². The van der Waals surface area contributed by atoms with Gasteiger partial charge in [0.15, 0.2) is 0 Å². The third-order valence-corrected chi connectivity index (χ3v) is 4.81. The Bertz CT molecular complexity index is 338. The van der Waals surface area contributed by atoms with Crippen LogP contribution in [0.4, 0.5) is 0 Å². The number of nitrogens with one attached hydrogen (secondary N) is 1. The molecule has 2 aliphatic heterocycles. The van der Waals surface area contributed by atoms with Crippen LogP contribution in [0.3, 0.4) is 0 Å². The number of nitriles is 1. The van der Waals surface area contributed by atoms with Gasteiger partial charge >= 0.3 is 0 Å². The summed E-state index contributed by atoms with van der Waals surface area (Å²) in [5.41, 5.74) is -0.214. The second-order valence-corrected chi connectivity index (χ2v) is 6.19. The maximum absolute atomic E-state index is 9.76. The van der Waals surface area contributed by atoms with Crippen molar-refractivity contribution in [2.45, 2.75) is 50.2 Å². The van der Waals surface area contributed by atoms with Gasteiger partial charge in [0.25, 0.3) is 0 Å². The van der Waals surface area contributed by atoms with E-state index in [2.05, 4.69) is 28.1 Å². The van der Waals surface area contributed by atoms with Crippen LogP contribution in [0.15, 0.2) is 0 Å². The van der Waals surface area contributed by atoms with Crippen molar-refractivity contribution < 1.29 is 0 Å². The number of hydrogen-bond acceptors (Lipinski definition) is 4. The summed E-state index contributed by atoms with van der Waals surface area (Å²) >= 11 is 0. The van der Waals surface area contributed by atoms with E-state index in [0.717, 1.165) is 45.2 Å². The van der Waals surface area contributed by atoms with Crippen LogP contribution in [0.25, 0.3) is 0 Å². The first kappa shape index (κ1) is 12.4. The van der Waals surface area contributed by atoms with Crippen molar-refractivity contribution in [3.05, 3.63) is 0 Å². The zero-order valence-electron chi connectivity index (χ0n) is 11.4. The Kier molecular flexibility index (Phi) is 3.31. The second-order valence-electron chi connectivity index (χ2n) is 6.19. The molecule has 2 unspecified atom stereocenters. The summed E-state index contributed by atoms with van der Waals surface area (Å²) in [6.07, 6.45) is 4.88. The Morgan fingerprint density at radius 2 is 2.11 bits per heavy atom. The topological polar surface area (TPSA) is 42.3 Å². The van der Waals surface area contributed by atoms with Crippen LogP contribution < -0.4 is 5.32 Å². The van der Waals surface area contributed by atoms with Crippen molar-refractivity contribution in [3.8, 4) is 6.07 Å². The summed E-state index contributed by atoms with van der Waals surface area (Å²) in [6, 6.07) is 4.03. The minimum atomic E-state index is -0.214. The van der Waals surface area contributed by atoms with Gasteiger partial charge in [0.05, 0.1) is 6.07 Å². The Labute approximate surface area is 110 Å². The Morgan fingerprint density at radius 3 is 2.83 bits per heavy atom. The van der Waals surface area contributed by atoms with E-state index < -0.39 is 0 Å². The fourth-order valence-corrected chi connectivity index (χ4v) is 3.68. The molecule has 4 heteroatoms. The van der Waals surface area contributed by atoms with Crippen LogP contribution in [0.5, 0.6) is 0 Å². The van der Waals surface area contributed by atoms with Crippen LogP contribution in [0.2, 0.25) is 0 Å². The van der Waals surface area contributed by atoms with Crippen LogP contribution in [0.1, 0.15) is 32.6 Å². The zero-order chi connectivity index (χ0) is 12.6. The smallest absolute Gasteiger partial charge is 0.123 e. The largest absolute Gasteiger partial charge is 0.315 e. The molecule has 0 radical (unpaired) electrons. The molecule has 1 saturated carbocycles. The van der Waals surface area contributed by atoms with E-state index in [1.165, 1.54) is 19.3 Å². The lowest BCUT2D eigenvalue weighted by atomic mass is 9.95. The molecule has 1 aliphatic carbocycles. The first-order valence-corrected chi connectivity index (χ1v) is 7.38. The fourth-order valence-electron chi connectivity index (χ4n) is 3.68. The molecule has 2 saturated heterocycles. The van der Waals surface area contributed by atoms with Crippen molar-refractivity contribution in [1.82, 2.24) is 15.1 Å². The van der Waals surface area contributed by atoms with Gasteiger partial charge in [0, 0.05) is 38.3 Å². The average molecular weight is 248 g/mol. The molecule has 18 heavy (non-hydrogen) atoms. The summed E-state index contributed by atoms with van der Waals surface area (Å²) in [5, 5.41) is 13.2. The minimum absolute atomic E-state index is 0.214. The quantitative estimate of drug-likeness (QED) is 0.785. The van der Waals surface area contributed by atoms with Gasteiger partial charge in [0.2, 0.25) is 0 Å². The van der Waals surface area contributed by atoms with Crippen LogP contribution >= 0.6 is 0 Å². The SMILES string of the molecule is CC1CC(C#N)(N2CCCNCC2)CN1C1CC1. The maximum Gasteiger partial charge on any atom is 0.123 e. The van der Waals surface area contributed by atoms with E-state index in [9.17, 15) is 5.26 Å². The van der Waals surface area contributed by atoms with Gasteiger partial charge < -0.3 is 5.32 Å². The predicted octanol–water partition coefficient (Wildman–Crippen LogP) is 0.801. The molecule has 2 heterocycles. The molecule has 0 spiro atoms. The fraction of sp³-hybridized carbons (Fsp3) is 0.929. The van der Waals surface area contributed by atoms with Crippen molar-refractivity contribution in [2.24, 2.45) is 0 Å². The minimum Gasteiger partial charge on any atom is -0.315 e. The second kappa shape index (κ2) is 4.80. The molecule has 3 rings (SSSR count). The van der Waals surface area contributed by atoms with Crippen molar-refractivity contribution in [2.75, 3.05) is 32.7 Å². The van der Waals surface area contributed by atoms with E-state index in [1.54, 1.807) is 0 Å². The van der Waals surface area contributed by atoms with Crippen LogP contribution in [0, 0.1) is 11.3 Å². The molecule has 2 atom stereocenters. The standard InChI is InChI=1S/C14H24N4/c1-12-9-14(10-15,11-18(12)13-3-4-13)17-7-2-5-16-6-8-17/h12-13,16H,2-9,11H2,1H3. The van der Waals surface area contributed by atoms with E-state index in [0.29, 0.717) is 6.04 Å². The first-order valence-electron chi connectivity index (χ1n) is 7.38. The predicted molar refractivity (Wildman–Crippen MR) is 71.2 cm³/mol. The lowest BCUT2D eigenvalue weighted by molar-refractivity contribution is 0.146. The molecule has 3 fully saturated rings. The highest BCUT2D eigenvalue weighted by Crippen LogP contribution is 2.39. The van der Waals surface area contributed by atoms with E-state index in [-0.39, 0.29) is 5.54 Å². The van der Waals surface area contributed by atoms with Crippen LogP contribution in [-0.4, -0.2) is 60.1 Å². The third-order valence-electron chi connectivity index (χ3n) is 4.81. The molecule has 4 nitrogen and oxygen atoms in total. The average Bonchev–Trinajstić information content (AvgIpc) is 3.18. The van der Waals surface area contributed by atoms with Crippen molar-refractivity contribution in [3.63, 3.8) is 0 Å². The lowest BCUT2D eigenvalue weighted by Crippen LogP contribution is -2.51. The molecule has 0 amide bonds. The number of rotatable bonds is 2. The summed E-state index contributed by atoms with van der Waals surface area (Å²) < 4.78 is 0. The molecule has 1 N–H and O–H groups in total. The number of hydrogen-bond donors (Lipinski definition) is 1. The summed E-state index contributed by atoms with van der Waals surface area (Å²) in [4.78, 5) is 5.04. The molecule has 0 aromatic heterocycles. The molecule has 0 aromatic rings. The first-order chi connectivity index (χ1) is 8.75. The van der Waals surface area contributed by atoms with Gasteiger partial charge in [-0.05, 0) is 39.2 Å². The van der Waals surface area contributed by atoms with Gasteiger partial charge in [-0.3, -0.25) is 9.80 Å². The monoisotopic (exact) mass is 248 g/mol. The van der Waals surface area contributed by atoms with Crippen molar-refractivity contribution in [1.29, 1.82) is 5.26 Å². The highest BCUT2D eigenvalue weighted by Gasteiger charge is 2.50. The highest BCUT2D eigenvalue weighted by atomic mass is 15.3. The summed E-state index contributed by atoms with van der Waals surface area (Å²) in [5.74, 6) is 0. The highest BCUT2D eigenvalue weighted by molar-refractivity contribution is 5.17. The Morgan fingerprint density at radius 1 is 1.28 bits per heavy atom. The van der Waals surface area contributed by atoms with Gasteiger partial charge in [0.1, 0.15) is 5.54 Å². The number of likely N-dealkylation sites (tertiary alicyclic amines) is 1. The lowest BCUT2D eigenvalue weighted by Gasteiger charge is -2.34. The third kappa shape index (κ3) is 2.16. The van der Waals surface area contributed by atoms with Gasteiger partial charge in [-0.1, -0.05) is 0 Å².